The van der Waals surface area contributed by atoms with Crippen molar-refractivity contribution in [3.8, 4) is 0 Å². The number of hydrogen-bond acceptors (Lipinski definition) is 6. The van der Waals surface area contributed by atoms with Crippen LogP contribution < -0.4 is 33.0 Å². The highest BCUT2D eigenvalue weighted by atomic mass is 35.5. The van der Waals surface area contributed by atoms with Gasteiger partial charge in [0.25, 0.3) is 0 Å². The summed E-state index contributed by atoms with van der Waals surface area (Å²) >= 11 is 0. The van der Waals surface area contributed by atoms with Crippen LogP contribution in [0.25, 0.3) is 21.5 Å². The monoisotopic (exact) mass is 462 g/mol. The number of hydrogen-bond donors (Lipinski definition) is 4. The highest BCUT2D eigenvalue weighted by Gasteiger charge is 2.13. The molecule has 0 aliphatic carbocycles. The number of nitrogens with zero attached hydrogens (tertiary/aromatic N) is 2. The van der Waals surface area contributed by atoms with E-state index < -0.39 is 0 Å². The van der Waals surface area contributed by atoms with Crippen LogP contribution in [0.5, 0.6) is 0 Å². The first kappa shape index (κ1) is 27.0. The number of fused-ring (bicyclic) bond motifs is 2. The summed E-state index contributed by atoms with van der Waals surface area (Å²) in [6.07, 6.45) is 4.42. The van der Waals surface area contributed by atoms with Gasteiger partial charge in [0, 0.05) is 25.5 Å². The van der Waals surface area contributed by atoms with Gasteiger partial charge in [0.15, 0.2) is 10.9 Å². The number of halogens is 3. The lowest BCUT2D eigenvalue weighted by atomic mass is 10.0. The van der Waals surface area contributed by atoms with Crippen LogP contribution in [0.2, 0.25) is 0 Å². The van der Waals surface area contributed by atoms with Crippen molar-refractivity contribution >= 4 is 58.8 Å². The Bertz CT molecular complexity index is 1080. The number of benzene rings is 2. The number of rotatable bonds is 6. The number of aromatic amines is 2. The summed E-state index contributed by atoms with van der Waals surface area (Å²) in [6.45, 7) is 2.02. The van der Waals surface area contributed by atoms with Gasteiger partial charge in [-0.3, -0.25) is 19.6 Å². The van der Waals surface area contributed by atoms with Gasteiger partial charge in [0.2, 0.25) is 0 Å². The fraction of sp³-hybridized carbons (Fsp3) is 0.333. The van der Waals surface area contributed by atoms with Crippen LogP contribution in [-0.4, -0.2) is 36.4 Å². The third-order valence-electron chi connectivity index (χ3n) is 4.20. The molecule has 0 saturated carbocycles. The second kappa shape index (κ2) is 12.6. The van der Waals surface area contributed by atoms with Crippen LogP contribution in [0.15, 0.2) is 44.1 Å². The SMILES string of the molecule is Cl.Cl.Cl.NCCCN=c1ccc(=NCCCN)c2c(=O)c3c[nH][nH]cc3c(=O)c12. The Hall–Kier alpha value is -1.97. The first-order valence-electron chi connectivity index (χ1n) is 8.62. The van der Waals surface area contributed by atoms with E-state index in [0.29, 0.717) is 71.3 Å². The Kier molecular flexibility index (Phi) is 11.7. The molecule has 160 valence electrons. The van der Waals surface area contributed by atoms with Gasteiger partial charge < -0.3 is 21.7 Å². The molecule has 29 heavy (non-hydrogen) atoms. The lowest BCUT2D eigenvalue weighted by Crippen LogP contribution is -2.27. The Balaban J connectivity index is 0.00000261. The van der Waals surface area contributed by atoms with Crippen LogP contribution in [0.4, 0.5) is 0 Å². The maximum atomic E-state index is 13.1. The number of aromatic nitrogens is 2. The molecule has 0 saturated heterocycles. The average Bonchev–Trinajstić information content (AvgIpc) is 2.67. The van der Waals surface area contributed by atoms with E-state index in [1.807, 2.05) is 0 Å². The summed E-state index contributed by atoms with van der Waals surface area (Å²) in [5.74, 6) is 0. The first-order valence-corrected chi connectivity index (χ1v) is 8.62. The minimum Gasteiger partial charge on any atom is -0.330 e. The molecule has 2 aromatic carbocycles. The van der Waals surface area contributed by atoms with E-state index in [0.717, 1.165) is 0 Å². The third-order valence-corrected chi connectivity index (χ3v) is 4.20. The van der Waals surface area contributed by atoms with Crippen molar-refractivity contribution in [3.63, 3.8) is 0 Å². The molecule has 0 fully saturated rings. The standard InChI is InChI=1S/C18H22N6O2.3ClH/c19-5-1-7-21-13-3-4-14(22-8-2-6-20)16-15(13)17(25)11-9-23-24-10-12(11)18(16)26;;;/h3-4,9-10,23-24H,1-2,5-8,19-20H2;3*1H. The summed E-state index contributed by atoms with van der Waals surface area (Å²) in [7, 11) is 0. The minimum absolute atomic E-state index is 0. The van der Waals surface area contributed by atoms with Gasteiger partial charge in [-0.25, -0.2) is 0 Å². The molecule has 1 heterocycles. The zero-order valence-corrected chi connectivity index (χ0v) is 18.1. The van der Waals surface area contributed by atoms with E-state index in [9.17, 15) is 9.59 Å². The van der Waals surface area contributed by atoms with Crippen LogP contribution in [0, 0.1) is 0 Å². The van der Waals surface area contributed by atoms with Crippen molar-refractivity contribution in [2.24, 2.45) is 21.5 Å². The van der Waals surface area contributed by atoms with E-state index in [1.54, 1.807) is 12.1 Å². The predicted octanol–water partition coefficient (Wildman–Crippen LogP) is 0.572. The smallest absolute Gasteiger partial charge is 0.198 e. The Labute approximate surface area is 185 Å². The molecule has 3 rings (SSSR count). The summed E-state index contributed by atoms with van der Waals surface area (Å²) in [5.41, 5.74) is 10.6. The number of nitrogens with two attached hydrogens (primary N) is 2. The van der Waals surface area contributed by atoms with Gasteiger partial charge in [-0.1, -0.05) is 0 Å². The first-order chi connectivity index (χ1) is 12.7. The molecular formula is C18H25Cl3N6O2. The van der Waals surface area contributed by atoms with E-state index >= 15 is 0 Å². The van der Waals surface area contributed by atoms with E-state index in [1.165, 1.54) is 12.4 Å². The van der Waals surface area contributed by atoms with Gasteiger partial charge in [0.1, 0.15) is 0 Å². The molecule has 0 unspecified atom stereocenters. The molecule has 8 nitrogen and oxygen atoms in total. The van der Waals surface area contributed by atoms with Crippen molar-refractivity contribution < 1.29 is 0 Å². The average molecular weight is 464 g/mol. The lowest BCUT2D eigenvalue weighted by molar-refractivity contribution is 0.826. The molecule has 0 amide bonds. The predicted molar refractivity (Wildman–Crippen MR) is 124 cm³/mol. The molecule has 0 atom stereocenters. The van der Waals surface area contributed by atoms with Gasteiger partial charge in [-0.05, 0) is 38.1 Å². The summed E-state index contributed by atoms with van der Waals surface area (Å²) in [4.78, 5) is 35.1. The van der Waals surface area contributed by atoms with Crippen molar-refractivity contribution in [1.82, 2.24) is 10.2 Å². The molecule has 0 aliphatic rings. The molecule has 11 heteroatoms. The zero-order chi connectivity index (χ0) is 18.5. The van der Waals surface area contributed by atoms with Crippen LogP contribution in [-0.2, 0) is 0 Å². The van der Waals surface area contributed by atoms with Gasteiger partial charge in [0.05, 0.1) is 32.3 Å². The Morgan fingerprint density at radius 2 is 1.10 bits per heavy atom. The topological polar surface area (TPSA) is 142 Å². The molecule has 0 aliphatic heterocycles. The van der Waals surface area contributed by atoms with Crippen LogP contribution >= 0.6 is 37.2 Å². The van der Waals surface area contributed by atoms with E-state index in [4.69, 9.17) is 11.5 Å². The Morgan fingerprint density at radius 3 is 1.45 bits per heavy atom. The van der Waals surface area contributed by atoms with Gasteiger partial charge in [-0.2, -0.15) is 0 Å². The van der Waals surface area contributed by atoms with Crippen LogP contribution in [0.3, 0.4) is 0 Å². The second-order valence-corrected chi connectivity index (χ2v) is 5.96. The van der Waals surface area contributed by atoms with Crippen LogP contribution in [0.1, 0.15) is 12.8 Å². The zero-order valence-electron chi connectivity index (χ0n) is 15.6. The van der Waals surface area contributed by atoms with Gasteiger partial charge >= 0.3 is 0 Å². The minimum atomic E-state index is -0.234. The normalized spacial score (nSPS) is 11.8. The molecule has 3 aromatic rings. The van der Waals surface area contributed by atoms with Crippen molar-refractivity contribution in [2.45, 2.75) is 12.8 Å². The summed E-state index contributed by atoms with van der Waals surface area (Å²) in [6, 6.07) is 3.48. The van der Waals surface area contributed by atoms with Crippen molar-refractivity contribution in [3.05, 3.63) is 55.7 Å². The second-order valence-electron chi connectivity index (χ2n) is 5.96. The molecule has 0 bridgehead atoms. The quantitative estimate of drug-likeness (QED) is 0.313. The maximum Gasteiger partial charge on any atom is 0.198 e. The number of H-pyrrole nitrogens is 2. The van der Waals surface area contributed by atoms with E-state index in [-0.39, 0.29) is 48.1 Å². The molecule has 1 aromatic heterocycles. The summed E-state index contributed by atoms with van der Waals surface area (Å²) < 4.78 is 0. The van der Waals surface area contributed by atoms with Crippen molar-refractivity contribution in [2.75, 3.05) is 26.2 Å². The summed E-state index contributed by atoms with van der Waals surface area (Å²) in [5, 5.41) is 7.79. The maximum absolute atomic E-state index is 13.1. The fourth-order valence-electron chi connectivity index (χ4n) is 2.91. The third kappa shape index (κ3) is 5.55. The number of nitrogens with one attached hydrogen (secondary N) is 2. The largest absolute Gasteiger partial charge is 0.330 e. The highest BCUT2D eigenvalue weighted by molar-refractivity contribution is 5.96. The highest BCUT2D eigenvalue weighted by Crippen LogP contribution is 2.06. The molecule has 0 spiro atoms. The lowest BCUT2D eigenvalue weighted by Gasteiger charge is -2.03. The Morgan fingerprint density at radius 1 is 0.724 bits per heavy atom. The molecular weight excluding hydrogens is 439 g/mol. The fourth-order valence-corrected chi connectivity index (χ4v) is 2.91. The van der Waals surface area contributed by atoms with Crippen molar-refractivity contribution in [1.29, 1.82) is 0 Å². The molecule has 6 N–H and O–H groups in total. The van der Waals surface area contributed by atoms with E-state index in [2.05, 4.69) is 20.2 Å². The molecule has 0 radical (unpaired) electrons. The van der Waals surface area contributed by atoms with Gasteiger partial charge in [-0.15, -0.1) is 37.2 Å².